The van der Waals surface area contributed by atoms with Crippen molar-refractivity contribution >= 4 is 5.97 Å². The fraction of sp³-hybridized carbons (Fsp3) is 0.412. The van der Waals surface area contributed by atoms with Crippen LogP contribution in [0.25, 0.3) is 11.3 Å². The van der Waals surface area contributed by atoms with Crippen LogP contribution >= 0.6 is 0 Å². The Morgan fingerprint density at radius 3 is 2.62 bits per heavy atom. The van der Waals surface area contributed by atoms with E-state index in [2.05, 4.69) is 11.2 Å². The van der Waals surface area contributed by atoms with Crippen LogP contribution in [0.4, 0.5) is 0 Å². The van der Waals surface area contributed by atoms with Crippen LogP contribution in [-0.4, -0.2) is 16.2 Å². The van der Waals surface area contributed by atoms with Crippen molar-refractivity contribution in [1.29, 1.82) is 0 Å². The summed E-state index contributed by atoms with van der Waals surface area (Å²) >= 11 is 0. The average Bonchev–Trinajstić information content (AvgIpc) is 3.15. The smallest absolute Gasteiger partial charge is 0.341 e. The number of hydrogen-bond donors (Lipinski definition) is 1. The molecule has 1 N–H and O–H groups in total. The van der Waals surface area contributed by atoms with E-state index in [1.54, 1.807) is 0 Å². The predicted molar refractivity (Wildman–Crippen MR) is 79.6 cm³/mol. The average molecular weight is 285 g/mol. The van der Waals surface area contributed by atoms with Gasteiger partial charge in [-0.3, -0.25) is 0 Å². The topological polar surface area (TPSA) is 63.3 Å². The lowest BCUT2D eigenvalue weighted by Gasteiger charge is -2.14. The van der Waals surface area contributed by atoms with Crippen molar-refractivity contribution in [2.75, 3.05) is 0 Å². The highest BCUT2D eigenvalue weighted by Gasteiger charge is 2.32. The van der Waals surface area contributed by atoms with Crippen molar-refractivity contribution in [3.8, 4) is 11.3 Å². The van der Waals surface area contributed by atoms with Crippen molar-refractivity contribution < 1.29 is 14.4 Å². The van der Waals surface area contributed by atoms with Crippen molar-refractivity contribution in [3.05, 3.63) is 41.2 Å². The Bertz CT molecular complexity index is 690. The van der Waals surface area contributed by atoms with E-state index in [0.717, 1.165) is 5.56 Å². The minimum atomic E-state index is -0.993. The number of carboxylic acid groups (broad SMARTS) is 1. The fourth-order valence-electron chi connectivity index (χ4n) is 2.55. The van der Waals surface area contributed by atoms with E-state index in [9.17, 15) is 9.90 Å². The third kappa shape index (κ3) is 2.58. The molecule has 0 saturated heterocycles. The number of rotatable bonds is 3. The molecule has 0 spiro atoms. The van der Waals surface area contributed by atoms with Gasteiger partial charge in [0.05, 0.1) is 0 Å². The number of aromatic carboxylic acids is 1. The summed E-state index contributed by atoms with van der Waals surface area (Å²) in [5.41, 5.74) is 2.28. The summed E-state index contributed by atoms with van der Waals surface area (Å²) in [7, 11) is 0. The Morgan fingerprint density at radius 1 is 1.33 bits per heavy atom. The largest absolute Gasteiger partial charge is 0.477 e. The maximum Gasteiger partial charge on any atom is 0.341 e. The Labute approximate surface area is 123 Å². The van der Waals surface area contributed by atoms with Crippen molar-refractivity contribution in [2.45, 2.75) is 44.9 Å². The Kier molecular flexibility index (Phi) is 3.12. The molecule has 110 valence electrons. The zero-order chi connectivity index (χ0) is 15.2. The highest BCUT2D eigenvalue weighted by Crippen LogP contribution is 2.41. The molecular weight excluding hydrogens is 266 g/mol. The van der Waals surface area contributed by atoms with Gasteiger partial charge in [-0.25, -0.2) is 4.79 Å². The normalized spacial score (nSPS) is 15.2. The van der Waals surface area contributed by atoms with Gasteiger partial charge in [-0.2, -0.15) is 0 Å². The van der Waals surface area contributed by atoms with Crippen LogP contribution in [0.1, 0.15) is 61.2 Å². The summed E-state index contributed by atoms with van der Waals surface area (Å²) in [5.74, 6) is 0.0436. The zero-order valence-corrected chi connectivity index (χ0v) is 12.5. The molecule has 4 heteroatoms. The van der Waals surface area contributed by atoms with E-state index in [4.69, 9.17) is 4.52 Å². The Balaban J connectivity index is 2.12. The molecule has 1 aromatic heterocycles. The van der Waals surface area contributed by atoms with Gasteiger partial charge in [0, 0.05) is 11.0 Å². The van der Waals surface area contributed by atoms with Crippen LogP contribution in [0.3, 0.4) is 0 Å². The number of carbonyl (C=O) groups is 1. The molecule has 0 bridgehead atoms. The van der Waals surface area contributed by atoms with Crippen LogP contribution in [0.5, 0.6) is 0 Å². The first-order valence-corrected chi connectivity index (χ1v) is 7.21. The zero-order valence-electron chi connectivity index (χ0n) is 12.5. The van der Waals surface area contributed by atoms with Crippen molar-refractivity contribution in [2.24, 2.45) is 0 Å². The van der Waals surface area contributed by atoms with Crippen LogP contribution in [-0.2, 0) is 5.41 Å². The summed E-state index contributed by atoms with van der Waals surface area (Å²) in [4.78, 5) is 11.7. The van der Waals surface area contributed by atoms with Gasteiger partial charge in [0.15, 0.2) is 5.76 Å². The van der Waals surface area contributed by atoms with Gasteiger partial charge >= 0.3 is 5.97 Å². The fourth-order valence-corrected chi connectivity index (χ4v) is 2.55. The second-order valence-corrected chi connectivity index (χ2v) is 6.69. The summed E-state index contributed by atoms with van der Waals surface area (Å²) < 4.78 is 5.36. The predicted octanol–water partition coefficient (Wildman–Crippen LogP) is 4.21. The van der Waals surface area contributed by atoms with Gasteiger partial charge in [0.25, 0.3) is 0 Å². The van der Waals surface area contributed by atoms with Crippen molar-refractivity contribution in [1.82, 2.24) is 5.16 Å². The second kappa shape index (κ2) is 4.72. The maximum atomic E-state index is 11.7. The molecular formula is C17H19NO3. The minimum Gasteiger partial charge on any atom is -0.477 e. The molecule has 1 heterocycles. The standard InChI is InChI=1S/C17H19NO3/c1-17(2,3)15-13(16(19)20)14(18-21-15)12-6-4-5-11(9-12)10-7-8-10/h4-6,9-10H,7-8H2,1-3H3,(H,19,20). The quantitative estimate of drug-likeness (QED) is 0.917. The number of carboxylic acids is 1. The minimum absolute atomic E-state index is 0.176. The van der Waals surface area contributed by atoms with Gasteiger partial charge in [-0.05, 0) is 30.4 Å². The molecule has 3 rings (SSSR count). The molecule has 0 radical (unpaired) electrons. The first-order chi connectivity index (χ1) is 9.88. The molecule has 4 nitrogen and oxygen atoms in total. The van der Waals surface area contributed by atoms with E-state index < -0.39 is 11.4 Å². The van der Waals surface area contributed by atoms with E-state index >= 15 is 0 Å². The van der Waals surface area contributed by atoms with Crippen molar-refractivity contribution in [3.63, 3.8) is 0 Å². The van der Waals surface area contributed by atoms with E-state index in [-0.39, 0.29) is 5.56 Å². The maximum absolute atomic E-state index is 11.7. The molecule has 1 aromatic carbocycles. The molecule has 1 aliphatic carbocycles. The number of aromatic nitrogens is 1. The molecule has 0 aliphatic heterocycles. The number of benzene rings is 1. The highest BCUT2D eigenvalue weighted by atomic mass is 16.5. The lowest BCUT2D eigenvalue weighted by atomic mass is 9.88. The first-order valence-electron chi connectivity index (χ1n) is 7.21. The molecule has 1 saturated carbocycles. The monoisotopic (exact) mass is 285 g/mol. The summed E-state index contributed by atoms with van der Waals surface area (Å²) in [6, 6.07) is 7.98. The van der Waals surface area contributed by atoms with E-state index in [1.165, 1.54) is 18.4 Å². The molecule has 0 unspecified atom stereocenters. The first kappa shape index (κ1) is 13.9. The van der Waals surface area contributed by atoms with Gasteiger partial charge in [0.1, 0.15) is 11.3 Å². The molecule has 1 aliphatic rings. The van der Waals surface area contributed by atoms with E-state index in [1.807, 2.05) is 39.0 Å². The highest BCUT2D eigenvalue weighted by molar-refractivity contribution is 5.96. The number of nitrogens with zero attached hydrogens (tertiary/aromatic N) is 1. The van der Waals surface area contributed by atoms with Crippen LogP contribution in [0.2, 0.25) is 0 Å². The SMILES string of the molecule is CC(C)(C)c1onc(-c2cccc(C3CC3)c2)c1C(=O)O. The third-order valence-electron chi connectivity index (χ3n) is 3.80. The van der Waals surface area contributed by atoms with Gasteiger partial charge in [0.2, 0.25) is 0 Å². The summed E-state index contributed by atoms with van der Waals surface area (Å²) in [5, 5.41) is 13.6. The summed E-state index contributed by atoms with van der Waals surface area (Å²) in [6.45, 7) is 5.76. The summed E-state index contributed by atoms with van der Waals surface area (Å²) in [6.07, 6.45) is 2.42. The van der Waals surface area contributed by atoms with E-state index in [0.29, 0.717) is 17.4 Å². The van der Waals surface area contributed by atoms with Crippen LogP contribution in [0.15, 0.2) is 28.8 Å². The Morgan fingerprint density at radius 2 is 2.05 bits per heavy atom. The second-order valence-electron chi connectivity index (χ2n) is 6.69. The van der Waals surface area contributed by atoms with Gasteiger partial charge in [-0.15, -0.1) is 0 Å². The molecule has 0 amide bonds. The van der Waals surface area contributed by atoms with Crippen LogP contribution in [0, 0.1) is 0 Å². The van der Waals surface area contributed by atoms with Gasteiger partial charge in [-0.1, -0.05) is 44.1 Å². The molecule has 21 heavy (non-hydrogen) atoms. The number of hydrogen-bond acceptors (Lipinski definition) is 3. The lowest BCUT2D eigenvalue weighted by molar-refractivity contribution is 0.0693. The third-order valence-corrected chi connectivity index (χ3v) is 3.80. The lowest BCUT2D eigenvalue weighted by Crippen LogP contribution is -2.15. The molecule has 1 fully saturated rings. The molecule has 0 atom stereocenters. The molecule has 2 aromatic rings. The van der Waals surface area contributed by atoms with Crippen LogP contribution < -0.4 is 0 Å². The van der Waals surface area contributed by atoms with Gasteiger partial charge < -0.3 is 9.63 Å². The Hall–Kier alpha value is -2.10.